The highest BCUT2D eigenvalue weighted by atomic mass is 15.2. The van der Waals surface area contributed by atoms with Gasteiger partial charge in [0.25, 0.3) is 0 Å². The number of hydrogen-bond donors (Lipinski definition) is 2. The first-order chi connectivity index (χ1) is 18.2. The molecular formula is C30H31N7. The Morgan fingerprint density at radius 2 is 1.78 bits per heavy atom. The van der Waals surface area contributed by atoms with Gasteiger partial charge in [-0.1, -0.05) is 42.5 Å². The molecule has 1 saturated heterocycles. The van der Waals surface area contributed by atoms with Crippen molar-refractivity contribution in [1.29, 1.82) is 0 Å². The molecule has 1 aliphatic carbocycles. The van der Waals surface area contributed by atoms with Crippen molar-refractivity contribution in [3.8, 4) is 22.4 Å². The van der Waals surface area contributed by atoms with Crippen LogP contribution in [0.2, 0.25) is 0 Å². The Balaban J connectivity index is 1.30. The van der Waals surface area contributed by atoms with E-state index < -0.39 is 0 Å². The van der Waals surface area contributed by atoms with Crippen molar-refractivity contribution < 1.29 is 0 Å². The number of anilines is 1. The first-order valence-electron chi connectivity index (χ1n) is 13.2. The van der Waals surface area contributed by atoms with Gasteiger partial charge in [0.1, 0.15) is 17.8 Å². The topological polar surface area (TPSA) is 98.9 Å². The molecule has 4 N–H and O–H groups in total. The minimum absolute atomic E-state index is 0.448. The summed E-state index contributed by atoms with van der Waals surface area (Å²) in [6.45, 7) is 4.20. The third-order valence-corrected chi connectivity index (χ3v) is 8.20. The van der Waals surface area contributed by atoms with Crippen LogP contribution in [0.4, 0.5) is 5.82 Å². The first-order valence-corrected chi connectivity index (χ1v) is 13.2. The fraction of sp³-hybridized carbons (Fsp3) is 0.300. The van der Waals surface area contributed by atoms with E-state index in [1.165, 1.54) is 38.9 Å². The number of nitrogen functional groups attached to an aromatic ring is 1. The predicted molar refractivity (Wildman–Crippen MR) is 149 cm³/mol. The minimum Gasteiger partial charge on any atom is -0.383 e. The third-order valence-electron chi connectivity index (χ3n) is 8.20. The Bertz CT molecular complexity index is 1600. The first kappa shape index (κ1) is 22.4. The zero-order valence-electron chi connectivity index (χ0n) is 20.8. The van der Waals surface area contributed by atoms with Gasteiger partial charge in [0.05, 0.1) is 16.6 Å². The number of nitrogens with zero attached hydrogens (tertiary/aromatic N) is 5. The van der Waals surface area contributed by atoms with Gasteiger partial charge in [-0.15, -0.1) is 0 Å². The maximum atomic E-state index is 6.44. The highest BCUT2D eigenvalue weighted by Gasteiger charge is 2.34. The molecule has 0 bridgehead atoms. The lowest BCUT2D eigenvalue weighted by Gasteiger charge is -2.42. The van der Waals surface area contributed by atoms with Crippen LogP contribution in [0.1, 0.15) is 30.9 Å². The van der Waals surface area contributed by atoms with Crippen LogP contribution in [0.5, 0.6) is 0 Å². The molecule has 3 aromatic heterocycles. The molecule has 0 radical (unpaired) electrons. The summed E-state index contributed by atoms with van der Waals surface area (Å²) in [5.41, 5.74) is 19.7. The molecule has 0 atom stereocenters. The number of benzene rings is 2. The Hall–Kier alpha value is -3.81. The fourth-order valence-electron chi connectivity index (χ4n) is 6.01. The summed E-state index contributed by atoms with van der Waals surface area (Å²) in [5, 5.41) is 2.00. The minimum atomic E-state index is 0.448. The van der Waals surface area contributed by atoms with E-state index in [2.05, 4.69) is 62.0 Å². The standard InChI is InChI=1S/C30H31N7/c31-15-22-14-26(20-5-2-1-3-6-20)35-27-13-21(7-8-24(22)27)25-17-37(30-28(25)29(32)33-18-34-30)23-11-19(12-23)16-36-9-4-10-36/h1-3,5-8,13-14,17-19,23H,4,9-12,15-16,31H2,(H2,32,33,34). The lowest BCUT2D eigenvalue weighted by Crippen LogP contribution is -2.43. The summed E-state index contributed by atoms with van der Waals surface area (Å²) in [4.78, 5) is 16.6. The Morgan fingerprint density at radius 1 is 0.946 bits per heavy atom. The van der Waals surface area contributed by atoms with Gasteiger partial charge in [0.15, 0.2) is 0 Å². The average Bonchev–Trinajstić information content (AvgIpc) is 3.27. The monoisotopic (exact) mass is 489 g/mol. The van der Waals surface area contributed by atoms with E-state index in [0.717, 1.165) is 55.8 Å². The molecule has 5 aromatic rings. The van der Waals surface area contributed by atoms with Gasteiger partial charge in [-0.25, -0.2) is 15.0 Å². The highest BCUT2D eigenvalue weighted by molar-refractivity contribution is 6.02. The number of aromatic nitrogens is 4. The Kier molecular flexibility index (Phi) is 5.41. The normalized spacial score (nSPS) is 19.7. The number of hydrogen-bond acceptors (Lipinski definition) is 6. The molecule has 2 fully saturated rings. The molecule has 7 heteroatoms. The molecule has 2 aliphatic rings. The van der Waals surface area contributed by atoms with Gasteiger partial charge >= 0.3 is 0 Å². The van der Waals surface area contributed by atoms with Crippen molar-refractivity contribution in [2.45, 2.75) is 31.8 Å². The number of fused-ring (bicyclic) bond motifs is 2. The molecule has 0 spiro atoms. The lowest BCUT2D eigenvalue weighted by molar-refractivity contribution is 0.0921. The van der Waals surface area contributed by atoms with Crippen LogP contribution in [-0.2, 0) is 6.54 Å². The number of rotatable bonds is 6. The van der Waals surface area contributed by atoms with Crippen molar-refractivity contribution in [1.82, 2.24) is 24.4 Å². The van der Waals surface area contributed by atoms with Gasteiger partial charge < -0.3 is 20.9 Å². The molecule has 0 unspecified atom stereocenters. The average molecular weight is 490 g/mol. The Morgan fingerprint density at radius 3 is 2.54 bits per heavy atom. The van der Waals surface area contributed by atoms with E-state index in [0.29, 0.717) is 18.4 Å². The van der Waals surface area contributed by atoms with Crippen molar-refractivity contribution in [2.75, 3.05) is 25.4 Å². The van der Waals surface area contributed by atoms with E-state index in [1.54, 1.807) is 6.33 Å². The molecule has 7 rings (SSSR count). The van der Waals surface area contributed by atoms with Crippen LogP contribution in [-0.4, -0.2) is 44.1 Å². The molecular weight excluding hydrogens is 458 g/mol. The molecule has 1 saturated carbocycles. The predicted octanol–water partition coefficient (Wildman–Crippen LogP) is 5.01. The second-order valence-electron chi connectivity index (χ2n) is 10.5. The van der Waals surface area contributed by atoms with Gasteiger partial charge in [-0.2, -0.15) is 0 Å². The maximum Gasteiger partial charge on any atom is 0.146 e. The SMILES string of the molecule is NCc1cc(-c2ccccc2)nc2cc(-c3cn(C4CC(CN5CCC5)C4)c4ncnc(N)c34)ccc12. The summed E-state index contributed by atoms with van der Waals surface area (Å²) in [6.07, 6.45) is 7.52. The molecule has 0 amide bonds. The van der Waals surface area contributed by atoms with Crippen LogP contribution in [0, 0.1) is 5.92 Å². The zero-order chi connectivity index (χ0) is 24.9. The summed E-state index contributed by atoms with van der Waals surface area (Å²) in [5.74, 6) is 1.28. The lowest BCUT2D eigenvalue weighted by atomic mass is 9.79. The molecule has 1 aliphatic heterocycles. The van der Waals surface area contributed by atoms with Gasteiger partial charge in [-0.05, 0) is 61.5 Å². The van der Waals surface area contributed by atoms with Gasteiger partial charge in [0, 0.05) is 41.8 Å². The van der Waals surface area contributed by atoms with Crippen molar-refractivity contribution >= 4 is 27.8 Å². The molecule has 7 nitrogen and oxygen atoms in total. The summed E-state index contributed by atoms with van der Waals surface area (Å²) < 4.78 is 2.33. The van der Waals surface area contributed by atoms with E-state index in [-0.39, 0.29) is 0 Å². The molecule has 186 valence electrons. The van der Waals surface area contributed by atoms with E-state index in [1.807, 2.05) is 18.2 Å². The number of pyridine rings is 1. The van der Waals surface area contributed by atoms with Crippen LogP contribution in [0.25, 0.3) is 44.3 Å². The van der Waals surface area contributed by atoms with Crippen molar-refractivity contribution in [2.24, 2.45) is 11.7 Å². The van der Waals surface area contributed by atoms with E-state index in [4.69, 9.17) is 16.5 Å². The van der Waals surface area contributed by atoms with Crippen molar-refractivity contribution in [3.05, 3.63) is 72.7 Å². The smallest absolute Gasteiger partial charge is 0.146 e. The summed E-state index contributed by atoms with van der Waals surface area (Å²) >= 11 is 0. The highest BCUT2D eigenvalue weighted by Crippen LogP contribution is 2.43. The van der Waals surface area contributed by atoms with Gasteiger partial charge in [-0.3, -0.25) is 0 Å². The van der Waals surface area contributed by atoms with E-state index >= 15 is 0 Å². The zero-order valence-corrected chi connectivity index (χ0v) is 20.8. The Labute approximate surface area is 216 Å². The maximum absolute atomic E-state index is 6.44. The number of likely N-dealkylation sites (tertiary alicyclic amines) is 1. The fourth-order valence-corrected chi connectivity index (χ4v) is 6.01. The van der Waals surface area contributed by atoms with Crippen LogP contribution >= 0.6 is 0 Å². The quantitative estimate of drug-likeness (QED) is 0.348. The van der Waals surface area contributed by atoms with Crippen LogP contribution < -0.4 is 11.5 Å². The largest absolute Gasteiger partial charge is 0.383 e. The summed E-state index contributed by atoms with van der Waals surface area (Å²) in [6, 6.07) is 19.2. The molecule has 4 heterocycles. The third kappa shape index (κ3) is 3.86. The van der Waals surface area contributed by atoms with Crippen LogP contribution in [0.3, 0.4) is 0 Å². The second-order valence-corrected chi connectivity index (χ2v) is 10.5. The molecule has 2 aromatic carbocycles. The second kappa shape index (κ2) is 8.94. The van der Waals surface area contributed by atoms with Gasteiger partial charge in [0.2, 0.25) is 0 Å². The van der Waals surface area contributed by atoms with Crippen molar-refractivity contribution in [3.63, 3.8) is 0 Å². The molecule has 37 heavy (non-hydrogen) atoms. The number of nitrogens with two attached hydrogens (primary N) is 2. The summed E-state index contributed by atoms with van der Waals surface area (Å²) in [7, 11) is 0. The van der Waals surface area contributed by atoms with Crippen LogP contribution in [0.15, 0.2) is 67.1 Å². The van der Waals surface area contributed by atoms with E-state index in [9.17, 15) is 0 Å².